The summed E-state index contributed by atoms with van der Waals surface area (Å²) in [6.45, 7) is 4.45. The third-order valence-electron chi connectivity index (χ3n) is 4.65. The molecule has 0 heterocycles. The first-order valence-corrected chi connectivity index (χ1v) is 8.91. The molecule has 0 aliphatic heterocycles. The molecule has 0 aromatic heterocycles. The molecule has 0 saturated heterocycles. The normalized spacial score (nSPS) is 19.1. The van der Waals surface area contributed by atoms with Gasteiger partial charge in [0.1, 0.15) is 18.2 Å². The van der Waals surface area contributed by atoms with E-state index in [2.05, 4.69) is 24.2 Å². The second-order valence-electron chi connectivity index (χ2n) is 6.75. The zero-order chi connectivity index (χ0) is 19.1. The molecule has 26 heavy (non-hydrogen) atoms. The lowest BCUT2D eigenvalue weighted by atomic mass is 9.90. The van der Waals surface area contributed by atoms with Crippen molar-refractivity contribution in [3.05, 3.63) is 58.2 Å². The van der Waals surface area contributed by atoms with E-state index in [1.54, 1.807) is 11.5 Å². The minimum absolute atomic E-state index is 0.187. The number of hydrogen-bond acceptors (Lipinski definition) is 4. The first-order valence-electron chi connectivity index (χ1n) is 8.91. The van der Waals surface area contributed by atoms with E-state index in [0.717, 1.165) is 23.4 Å². The molecule has 1 fully saturated rings. The lowest BCUT2D eigenvalue weighted by Crippen LogP contribution is -2.19. The molecule has 5 nitrogen and oxygen atoms in total. The van der Waals surface area contributed by atoms with Gasteiger partial charge in [-0.2, -0.15) is 0 Å². The molecule has 1 amide bonds. The van der Waals surface area contributed by atoms with Crippen LogP contribution in [0.25, 0.3) is 0 Å². The molecule has 3 rings (SSSR count). The summed E-state index contributed by atoms with van der Waals surface area (Å²) in [7, 11) is 1.92. The number of rotatable bonds is 6. The van der Waals surface area contributed by atoms with Crippen molar-refractivity contribution in [2.75, 3.05) is 7.05 Å². The fourth-order valence-corrected chi connectivity index (χ4v) is 3.18. The zero-order valence-electron chi connectivity index (χ0n) is 15.6. The Labute approximate surface area is 154 Å². The quantitative estimate of drug-likeness (QED) is 0.315. The summed E-state index contributed by atoms with van der Waals surface area (Å²) < 4.78 is 20.1. The van der Waals surface area contributed by atoms with E-state index in [-0.39, 0.29) is 12.4 Å². The number of hydrazine groups is 1. The maximum absolute atomic E-state index is 14.0. The summed E-state index contributed by atoms with van der Waals surface area (Å²) >= 11 is 0. The number of carbonyl (C=O) groups excluding carboxylic acids is 1. The molecule has 2 aliphatic rings. The summed E-state index contributed by atoms with van der Waals surface area (Å²) in [4.78, 5) is 8.94. The van der Waals surface area contributed by atoms with Crippen molar-refractivity contribution in [3.63, 3.8) is 0 Å². The van der Waals surface area contributed by atoms with Crippen LogP contribution >= 0.6 is 0 Å². The van der Waals surface area contributed by atoms with Crippen molar-refractivity contribution in [2.24, 2.45) is 17.7 Å². The van der Waals surface area contributed by atoms with Gasteiger partial charge in [-0.05, 0) is 55.2 Å². The summed E-state index contributed by atoms with van der Waals surface area (Å²) in [5, 5.41) is 3.25. The molecule has 1 aromatic carbocycles. The van der Waals surface area contributed by atoms with Crippen molar-refractivity contribution >= 4 is 6.41 Å². The van der Waals surface area contributed by atoms with E-state index in [4.69, 9.17) is 9.53 Å². The van der Waals surface area contributed by atoms with Crippen LogP contribution in [0.5, 0.6) is 0 Å². The number of hydrogen-bond donors (Lipinski definition) is 3. The van der Waals surface area contributed by atoms with Crippen LogP contribution in [0.3, 0.4) is 0 Å². The molecule has 4 N–H and O–H groups in total. The Balaban J connectivity index is 0.000000552. The van der Waals surface area contributed by atoms with Crippen LogP contribution in [-0.4, -0.2) is 13.5 Å². The van der Waals surface area contributed by atoms with E-state index >= 15 is 0 Å². The van der Waals surface area contributed by atoms with E-state index < -0.39 is 0 Å². The molecule has 2 aliphatic carbocycles. The van der Waals surface area contributed by atoms with Crippen molar-refractivity contribution in [3.8, 4) is 0 Å². The minimum Gasteiger partial charge on any atom is -0.487 e. The molecule has 1 saturated carbocycles. The van der Waals surface area contributed by atoms with Gasteiger partial charge in [-0.15, -0.1) is 0 Å². The van der Waals surface area contributed by atoms with Crippen molar-refractivity contribution in [1.82, 2.24) is 10.7 Å². The summed E-state index contributed by atoms with van der Waals surface area (Å²) in [5.41, 5.74) is 5.80. The van der Waals surface area contributed by atoms with Gasteiger partial charge < -0.3 is 10.1 Å². The monoisotopic (exact) mass is 361 g/mol. The van der Waals surface area contributed by atoms with Gasteiger partial charge in [-0.3, -0.25) is 10.2 Å². The van der Waals surface area contributed by atoms with Crippen LogP contribution in [-0.2, 0) is 16.1 Å². The first-order chi connectivity index (χ1) is 12.5. The first kappa shape index (κ1) is 20.0. The average molecular weight is 361 g/mol. The van der Waals surface area contributed by atoms with E-state index in [0.29, 0.717) is 23.8 Å². The van der Waals surface area contributed by atoms with Gasteiger partial charge in [0.05, 0.1) is 5.70 Å². The van der Waals surface area contributed by atoms with E-state index in [9.17, 15) is 4.39 Å². The van der Waals surface area contributed by atoms with Crippen molar-refractivity contribution in [2.45, 2.75) is 39.7 Å². The fourth-order valence-electron chi connectivity index (χ4n) is 3.18. The number of benzene rings is 1. The van der Waals surface area contributed by atoms with Gasteiger partial charge >= 0.3 is 0 Å². The molecule has 142 valence electrons. The second-order valence-corrected chi connectivity index (χ2v) is 6.75. The number of nitrogens with one attached hydrogen (secondary N) is 2. The average Bonchev–Trinajstić information content (AvgIpc) is 3.47. The van der Waals surface area contributed by atoms with Crippen LogP contribution in [0.2, 0.25) is 0 Å². The highest BCUT2D eigenvalue weighted by Gasteiger charge is 2.33. The number of halogens is 1. The predicted octanol–water partition coefficient (Wildman–Crippen LogP) is 3.06. The molecule has 0 radical (unpaired) electrons. The van der Waals surface area contributed by atoms with Crippen LogP contribution in [0, 0.1) is 24.6 Å². The van der Waals surface area contributed by atoms with Crippen molar-refractivity contribution < 1.29 is 13.9 Å². The Morgan fingerprint density at radius 2 is 2.08 bits per heavy atom. The smallest absolute Gasteiger partial charge is 0.221 e. The fraction of sp³-hybridized carbons (Fsp3) is 0.450. The Kier molecular flexibility index (Phi) is 7.21. The lowest BCUT2D eigenvalue weighted by molar-refractivity contribution is -0.109. The molecule has 0 spiro atoms. The maximum Gasteiger partial charge on any atom is 0.221 e. The second kappa shape index (κ2) is 9.38. The number of nitrogens with two attached hydrogens (primary N) is 1. The summed E-state index contributed by atoms with van der Waals surface area (Å²) in [5.74, 6) is 6.36. The molecule has 1 unspecified atom stereocenters. The van der Waals surface area contributed by atoms with Gasteiger partial charge in [-0.25, -0.2) is 10.2 Å². The largest absolute Gasteiger partial charge is 0.487 e. The number of ether oxygens (including phenoxy) is 1. The van der Waals surface area contributed by atoms with Crippen LogP contribution < -0.4 is 16.6 Å². The van der Waals surface area contributed by atoms with Crippen LogP contribution in [0.1, 0.15) is 37.3 Å². The molecular weight excluding hydrogens is 333 g/mol. The van der Waals surface area contributed by atoms with Gasteiger partial charge in [0.15, 0.2) is 0 Å². The molecule has 0 bridgehead atoms. The standard InChI is InChI=1S/C19H24FNO.CH4N2O/c1-12-9-15(14-7-8-14)19(18(10-12)21-3)22-11-16-13(2)5-4-6-17(16)20;2-3-1-4/h4-6,10,12,14,21H,7-9,11H2,1-3H3;1H,2H2,(H,3,4). The number of carbonyl (C=O) groups is 1. The number of aryl methyl sites for hydroxylation is 1. The molecule has 1 atom stereocenters. The Bertz CT molecular complexity index is 676. The molecule has 1 aromatic rings. The topological polar surface area (TPSA) is 76.4 Å². The van der Waals surface area contributed by atoms with Crippen molar-refractivity contribution in [1.29, 1.82) is 0 Å². The number of likely N-dealkylation sites (N-methyl/N-ethyl adjacent to an activating group) is 1. The molecule has 6 heteroatoms. The van der Waals surface area contributed by atoms with Gasteiger partial charge in [-0.1, -0.05) is 25.1 Å². The highest BCUT2D eigenvalue weighted by atomic mass is 19.1. The third kappa shape index (κ3) is 5.08. The van der Waals surface area contributed by atoms with Gasteiger partial charge in [0.2, 0.25) is 6.41 Å². The predicted molar refractivity (Wildman–Crippen MR) is 100.0 cm³/mol. The lowest BCUT2D eigenvalue weighted by Gasteiger charge is -2.26. The highest BCUT2D eigenvalue weighted by molar-refractivity contribution is 5.44. The third-order valence-corrected chi connectivity index (χ3v) is 4.65. The summed E-state index contributed by atoms with van der Waals surface area (Å²) in [6.07, 6.45) is 6.19. The van der Waals surface area contributed by atoms with Gasteiger partial charge in [0.25, 0.3) is 0 Å². The zero-order valence-corrected chi connectivity index (χ0v) is 15.6. The minimum atomic E-state index is -0.187. The highest BCUT2D eigenvalue weighted by Crippen LogP contribution is 2.44. The summed E-state index contributed by atoms with van der Waals surface area (Å²) in [6, 6.07) is 5.17. The number of amides is 1. The van der Waals surface area contributed by atoms with E-state index in [1.165, 1.54) is 24.5 Å². The molecular formula is C20H28FN3O2. The Hall–Kier alpha value is -2.34. The van der Waals surface area contributed by atoms with Crippen LogP contribution in [0.4, 0.5) is 4.39 Å². The maximum atomic E-state index is 14.0. The van der Waals surface area contributed by atoms with Crippen LogP contribution in [0.15, 0.2) is 41.3 Å². The van der Waals surface area contributed by atoms with Gasteiger partial charge in [0, 0.05) is 12.6 Å². The number of allylic oxidation sites excluding steroid dienone is 2. The van der Waals surface area contributed by atoms with E-state index in [1.807, 2.05) is 20.0 Å². The Morgan fingerprint density at radius 3 is 2.62 bits per heavy atom. The Morgan fingerprint density at radius 1 is 1.38 bits per heavy atom. The SMILES string of the molecule is CNC1=CC(C)CC(C2CC2)=C1OCc1c(C)cccc1F.NNC=O.